The van der Waals surface area contributed by atoms with Gasteiger partial charge in [-0.1, -0.05) is 45.0 Å². The summed E-state index contributed by atoms with van der Waals surface area (Å²) in [6.45, 7) is 9.03. The number of nitrogens with zero attached hydrogens (tertiary/aromatic N) is 1. The van der Waals surface area contributed by atoms with E-state index in [1.807, 2.05) is 6.92 Å². The minimum absolute atomic E-state index is 0.0551. The van der Waals surface area contributed by atoms with Crippen LogP contribution in [-0.2, 0) is 26.5 Å². The number of rotatable bonds is 5. The zero-order valence-corrected chi connectivity index (χ0v) is 16.0. The van der Waals surface area contributed by atoms with Crippen LogP contribution in [0.4, 0.5) is 0 Å². The molecule has 1 amide bonds. The van der Waals surface area contributed by atoms with Crippen molar-refractivity contribution in [3.8, 4) is 0 Å². The Balaban J connectivity index is 1.94. The Labute approximate surface area is 146 Å². The summed E-state index contributed by atoms with van der Waals surface area (Å²) in [7, 11) is -2.96. The van der Waals surface area contributed by atoms with Crippen molar-refractivity contribution in [1.82, 2.24) is 4.90 Å². The largest absolute Gasteiger partial charge is 0.339 e. The van der Waals surface area contributed by atoms with Gasteiger partial charge >= 0.3 is 0 Å². The molecule has 1 aliphatic heterocycles. The van der Waals surface area contributed by atoms with Crippen LogP contribution in [0.3, 0.4) is 0 Å². The number of sulfone groups is 1. The SMILES string of the molecule is CCN(C(=O)CCc1ccc(C(C)(C)C)cc1)C1CCS(=O)(=O)C1. The lowest BCUT2D eigenvalue weighted by Crippen LogP contribution is -2.41. The van der Waals surface area contributed by atoms with Gasteiger partial charge in [0.25, 0.3) is 0 Å². The minimum Gasteiger partial charge on any atom is -0.339 e. The van der Waals surface area contributed by atoms with Gasteiger partial charge < -0.3 is 4.90 Å². The van der Waals surface area contributed by atoms with Gasteiger partial charge in [-0.25, -0.2) is 8.42 Å². The van der Waals surface area contributed by atoms with Gasteiger partial charge in [-0.05, 0) is 36.3 Å². The molecule has 0 aromatic heterocycles. The van der Waals surface area contributed by atoms with Gasteiger partial charge in [0.05, 0.1) is 11.5 Å². The van der Waals surface area contributed by atoms with Crippen LogP contribution in [0.25, 0.3) is 0 Å². The number of amides is 1. The number of aryl methyl sites for hydroxylation is 1. The average molecular weight is 352 g/mol. The molecule has 134 valence electrons. The molecule has 4 nitrogen and oxygen atoms in total. The third-order valence-corrected chi connectivity index (χ3v) is 6.51. The van der Waals surface area contributed by atoms with E-state index in [-0.39, 0.29) is 28.9 Å². The van der Waals surface area contributed by atoms with Gasteiger partial charge in [0.15, 0.2) is 9.84 Å². The number of hydrogen-bond acceptors (Lipinski definition) is 3. The van der Waals surface area contributed by atoms with Gasteiger partial charge in [0.1, 0.15) is 0 Å². The van der Waals surface area contributed by atoms with E-state index in [1.54, 1.807) is 4.90 Å². The van der Waals surface area contributed by atoms with Gasteiger partial charge in [0, 0.05) is 19.0 Å². The smallest absolute Gasteiger partial charge is 0.223 e. The molecule has 1 aromatic carbocycles. The lowest BCUT2D eigenvalue weighted by molar-refractivity contribution is -0.132. The van der Waals surface area contributed by atoms with Crippen LogP contribution in [-0.4, -0.2) is 43.3 Å². The molecule has 1 atom stereocenters. The first kappa shape index (κ1) is 19.0. The monoisotopic (exact) mass is 351 g/mol. The molecule has 5 heteroatoms. The number of benzene rings is 1. The van der Waals surface area contributed by atoms with Crippen LogP contribution >= 0.6 is 0 Å². The molecule has 0 radical (unpaired) electrons. The van der Waals surface area contributed by atoms with Gasteiger partial charge in [-0.2, -0.15) is 0 Å². The van der Waals surface area contributed by atoms with Crippen molar-refractivity contribution in [3.05, 3.63) is 35.4 Å². The summed E-state index contributed by atoms with van der Waals surface area (Å²) in [6, 6.07) is 8.28. The van der Waals surface area contributed by atoms with Crippen molar-refractivity contribution in [2.75, 3.05) is 18.1 Å². The maximum atomic E-state index is 12.5. The highest BCUT2D eigenvalue weighted by Gasteiger charge is 2.33. The van der Waals surface area contributed by atoms with E-state index < -0.39 is 9.84 Å². The molecule has 2 rings (SSSR count). The topological polar surface area (TPSA) is 54.5 Å². The molecular formula is C19H29NO3S. The van der Waals surface area contributed by atoms with Crippen LogP contribution in [0.1, 0.15) is 51.7 Å². The van der Waals surface area contributed by atoms with E-state index in [2.05, 4.69) is 45.0 Å². The van der Waals surface area contributed by atoms with Crippen LogP contribution < -0.4 is 0 Å². The van der Waals surface area contributed by atoms with E-state index >= 15 is 0 Å². The molecule has 24 heavy (non-hydrogen) atoms. The second kappa shape index (κ2) is 7.26. The lowest BCUT2D eigenvalue weighted by atomic mass is 9.86. The molecule has 1 unspecified atom stereocenters. The summed E-state index contributed by atoms with van der Waals surface area (Å²) >= 11 is 0. The van der Waals surface area contributed by atoms with E-state index in [4.69, 9.17) is 0 Å². The molecule has 1 fully saturated rings. The van der Waals surface area contributed by atoms with E-state index in [0.717, 1.165) is 5.56 Å². The Bertz CT molecular complexity index is 672. The Morgan fingerprint density at radius 1 is 1.21 bits per heavy atom. The summed E-state index contributed by atoms with van der Waals surface area (Å²) in [5.74, 6) is 0.377. The molecule has 1 aromatic rings. The Morgan fingerprint density at radius 2 is 1.83 bits per heavy atom. The normalized spacial score (nSPS) is 20.1. The van der Waals surface area contributed by atoms with Crippen LogP contribution in [0.15, 0.2) is 24.3 Å². The average Bonchev–Trinajstić information content (AvgIpc) is 2.85. The summed E-state index contributed by atoms with van der Waals surface area (Å²) < 4.78 is 23.3. The molecule has 0 spiro atoms. The van der Waals surface area contributed by atoms with Gasteiger partial charge in [-0.15, -0.1) is 0 Å². The lowest BCUT2D eigenvalue weighted by Gasteiger charge is -2.27. The zero-order valence-electron chi connectivity index (χ0n) is 15.2. The Morgan fingerprint density at radius 3 is 2.29 bits per heavy atom. The second-order valence-corrected chi connectivity index (χ2v) is 9.91. The zero-order chi connectivity index (χ0) is 18.0. The molecule has 1 heterocycles. The Hall–Kier alpha value is -1.36. The van der Waals surface area contributed by atoms with Gasteiger partial charge in [0.2, 0.25) is 5.91 Å². The van der Waals surface area contributed by atoms with Crippen LogP contribution in [0, 0.1) is 0 Å². The van der Waals surface area contributed by atoms with Gasteiger partial charge in [-0.3, -0.25) is 4.79 Å². The quantitative estimate of drug-likeness (QED) is 0.819. The summed E-state index contributed by atoms with van der Waals surface area (Å²) in [4.78, 5) is 14.2. The highest BCUT2D eigenvalue weighted by Crippen LogP contribution is 2.23. The summed E-state index contributed by atoms with van der Waals surface area (Å²) in [6.07, 6.45) is 1.70. The van der Waals surface area contributed by atoms with Crippen LogP contribution in [0.2, 0.25) is 0 Å². The van der Waals surface area contributed by atoms with Crippen molar-refractivity contribution < 1.29 is 13.2 Å². The highest BCUT2D eigenvalue weighted by atomic mass is 32.2. The molecule has 0 aliphatic carbocycles. The molecule has 0 saturated carbocycles. The minimum atomic E-state index is -2.96. The van der Waals surface area contributed by atoms with Crippen molar-refractivity contribution in [3.63, 3.8) is 0 Å². The van der Waals surface area contributed by atoms with Crippen molar-refractivity contribution >= 4 is 15.7 Å². The standard InChI is InChI=1S/C19H29NO3S/c1-5-20(17-12-13-24(22,23)14-17)18(21)11-8-15-6-9-16(10-7-15)19(2,3)4/h6-7,9-10,17H,5,8,11-14H2,1-4H3. The van der Waals surface area contributed by atoms with Crippen molar-refractivity contribution in [2.24, 2.45) is 0 Å². The van der Waals surface area contributed by atoms with Crippen LogP contribution in [0.5, 0.6) is 0 Å². The second-order valence-electron chi connectivity index (χ2n) is 7.68. The maximum Gasteiger partial charge on any atom is 0.223 e. The first-order valence-electron chi connectivity index (χ1n) is 8.71. The maximum absolute atomic E-state index is 12.5. The predicted octanol–water partition coefficient (Wildman–Crippen LogP) is 2.95. The van der Waals surface area contributed by atoms with Crippen molar-refractivity contribution in [2.45, 2.75) is 58.4 Å². The van der Waals surface area contributed by atoms with E-state index in [0.29, 0.717) is 25.8 Å². The predicted molar refractivity (Wildman–Crippen MR) is 97.9 cm³/mol. The molecule has 1 aliphatic rings. The van der Waals surface area contributed by atoms with E-state index in [1.165, 1.54) is 5.56 Å². The third-order valence-electron chi connectivity index (χ3n) is 4.76. The fourth-order valence-corrected chi connectivity index (χ4v) is 4.96. The summed E-state index contributed by atoms with van der Waals surface area (Å²) in [5, 5.41) is 0. The molecule has 0 N–H and O–H groups in total. The number of hydrogen-bond donors (Lipinski definition) is 0. The van der Waals surface area contributed by atoms with E-state index in [9.17, 15) is 13.2 Å². The fourth-order valence-electron chi connectivity index (χ4n) is 3.23. The Kier molecular flexibility index (Phi) is 5.74. The number of carbonyl (C=O) groups is 1. The first-order chi connectivity index (χ1) is 11.1. The highest BCUT2D eigenvalue weighted by molar-refractivity contribution is 7.91. The van der Waals surface area contributed by atoms with Crippen molar-refractivity contribution in [1.29, 1.82) is 0 Å². The summed E-state index contributed by atoms with van der Waals surface area (Å²) in [5.41, 5.74) is 2.55. The fraction of sp³-hybridized carbons (Fsp3) is 0.632. The number of carbonyl (C=O) groups excluding carboxylic acids is 1. The molecular weight excluding hydrogens is 322 g/mol. The first-order valence-corrected chi connectivity index (χ1v) is 10.5. The molecule has 1 saturated heterocycles. The molecule has 0 bridgehead atoms. The third kappa shape index (κ3) is 4.82.